The first-order valence-electron chi connectivity index (χ1n) is 9.72. The summed E-state index contributed by atoms with van der Waals surface area (Å²) >= 11 is 1.36. The molecule has 3 amide bonds. The molecule has 3 rings (SSSR count). The van der Waals surface area contributed by atoms with Gasteiger partial charge in [0.2, 0.25) is 11.8 Å². The van der Waals surface area contributed by atoms with Gasteiger partial charge in [0.1, 0.15) is 0 Å². The molecule has 1 saturated heterocycles. The summed E-state index contributed by atoms with van der Waals surface area (Å²) in [4.78, 5) is 41.7. The Bertz CT molecular complexity index is 961. The van der Waals surface area contributed by atoms with Crippen LogP contribution in [0.1, 0.15) is 18.4 Å². The summed E-state index contributed by atoms with van der Waals surface area (Å²) in [5.74, 6) is -0.330. The van der Waals surface area contributed by atoms with Crippen molar-refractivity contribution in [2.45, 2.75) is 12.8 Å². The van der Waals surface area contributed by atoms with E-state index in [1.165, 1.54) is 24.5 Å². The Morgan fingerprint density at radius 1 is 1.35 bits per heavy atom. The number of hydrogen-bond acceptors (Lipinski definition) is 7. The van der Waals surface area contributed by atoms with Crippen molar-refractivity contribution in [3.05, 3.63) is 41.4 Å². The number of ether oxygens (including phenoxy) is 2. The largest absolute Gasteiger partial charge is 0.493 e. The van der Waals surface area contributed by atoms with Crippen LogP contribution in [-0.2, 0) is 14.4 Å². The normalized spacial score (nSPS) is 16.2. The van der Waals surface area contributed by atoms with E-state index in [0.29, 0.717) is 29.7 Å². The monoisotopic (exact) mass is 444 g/mol. The maximum Gasteiger partial charge on any atom is 0.255 e. The lowest BCUT2D eigenvalue weighted by Crippen LogP contribution is -2.43. The van der Waals surface area contributed by atoms with Crippen LogP contribution in [0.5, 0.6) is 11.5 Å². The molecule has 3 N–H and O–H groups in total. The predicted octanol–water partition coefficient (Wildman–Crippen LogP) is 1.91. The molecule has 0 saturated carbocycles. The number of primary amides is 1. The Morgan fingerprint density at radius 2 is 2.19 bits per heavy atom. The molecule has 1 aliphatic rings. The number of likely N-dealkylation sites (tertiary alicyclic amines) is 1. The molecule has 0 spiro atoms. The number of carbonyl (C=O) groups is 3. The fourth-order valence-corrected chi connectivity index (χ4v) is 3.74. The lowest BCUT2D eigenvalue weighted by molar-refractivity contribution is -0.130. The molecule has 2 heterocycles. The molecule has 10 heteroatoms. The number of anilines is 1. The van der Waals surface area contributed by atoms with Gasteiger partial charge in [-0.1, -0.05) is 6.07 Å². The van der Waals surface area contributed by atoms with E-state index in [0.717, 1.165) is 18.4 Å². The number of nitrogens with two attached hydrogens (primary N) is 1. The highest BCUT2D eigenvalue weighted by atomic mass is 32.1. The fourth-order valence-electron chi connectivity index (χ4n) is 3.21. The smallest absolute Gasteiger partial charge is 0.255 e. The molecule has 1 aromatic heterocycles. The van der Waals surface area contributed by atoms with Gasteiger partial charge in [0.25, 0.3) is 5.91 Å². The summed E-state index contributed by atoms with van der Waals surface area (Å²) in [5.41, 5.74) is 5.82. The zero-order valence-electron chi connectivity index (χ0n) is 17.1. The average Bonchev–Trinajstić information content (AvgIpc) is 3.29. The summed E-state index contributed by atoms with van der Waals surface area (Å²) in [5, 5.41) is 5.16. The number of rotatable bonds is 8. The second-order valence-corrected chi connectivity index (χ2v) is 7.84. The minimum atomic E-state index is -0.586. The molecular formula is C21H24N4O5S. The number of thiazole rings is 1. The summed E-state index contributed by atoms with van der Waals surface area (Å²) in [6.45, 7) is 0.716. The number of nitrogens with zero attached hydrogens (tertiary/aromatic N) is 2. The van der Waals surface area contributed by atoms with Crippen LogP contribution in [-0.4, -0.2) is 54.4 Å². The molecular weight excluding hydrogens is 420 g/mol. The van der Waals surface area contributed by atoms with Crippen molar-refractivity contribution in [1.29, 1.82) is 0 Å². The van der Waals surface area contributed by atoms with Gasteiger partial charge in [-0.15, -0.1) is 11.3 Å². The van der Waals surface area contributed by atoms with Crippen molar-refractivity contribution < 1.29 is 23.9 Å². The van der Waals surface area contributed by atoms with Crippen LogP contribution < -0.4 is 20.5 Å². The van der Waals surface area contributed by atoms with E-state index in [9.17, 15) is 14.4 Å². The highest BCUT2D eigenvalue weighted by Gasteiger charge is 2.28. The third kappa shape index (κ3) is 6.29. The number of benzene rings is 1. The Balaban J connectivity index is 1.59. The van der Waals surface area contributed by atoms with Gasteiger partial charge in [0, 0.05) is 30.7 Å². The zero-order valence-corrected chi connectivity index (χ0v) is 17.9. The van der Waals surface area contributed by atoms with Crippen LogP contribution >= 0.6 is 11.3 Å². The second kappa shape index (κ2) is 10.6. The predicted molar refractivity (Wildman–Crippen MR) is 117 cm³/mol. The van der Waals surface area contributed by atoms with Crippen LogP contribution in [0.25, 0.3) is 6.08 Å². The Kier molecular flexibility index (Phi) is 7.60. The van der Waals surface area contributed by atoms with E-state index in [4.69, 9.17) is 15.2 Å². The lowest BCUT2D eigenvalue weighted by Gasteiger charge is -2.31. The van der Waals surface area contributed by atoms with E-state index in [1.54, 1.807) is 40.8 Å². The maximum atomic E-state index is 12.6. The van der Waals surface area contributed by atoms with Crippen LogP contribution in [0, 0.1) is 5.92 Å². The van der Waals surface area contributed by atoms with E-state index < -0.39 is 5.91 Å². The third-order valence-corrected chi connectivity index (χ3v) is 5.43. The van der Waals surface area contributed by atoms with Gasteiger partial charge in [-0.25, -0.2) is 4.98 Å². The summed E-state index contributed by atoms with van der Waals surface area (Å²) in [6.07, 6.45) is 6.26. The molecule has 0 radical (unpaired) electrons. The van der Waals surface area contributed by atoms with Crippen LogP contribution in [0.4, 0.5) is 5.13 Å². The molecule has 164 valence electrons. The first-order chi connectivity index (χ1) is 15.0. The average molecular weight is 445 g/mol. The molecule has 2 aromatic rings. The Morgan fingerprint density at radius 3 is 2.90 bits per heavy atom. The zero-order chi connectivity index (χ0) is 22.2. The number of carbonyl (C=O) groups excluding carboxylic acids is 3. The van der Waals surface area contributed by atoms with Gasteiger partial charge in [-0.05, 0) is 36.6 Å². The van der Waals surface area contributed by atoms with Crippen LogP contribution in [0.3, 0.4) is 0 Å². The van der Waals surface area contributed by atoms with Gasteiger partial charge in [0.15, 0.2) is 23.2 Å². The Hall–Kier alpha value is -3.40. The van der Waals surface area contributed by atoms with E-state index >= 15 is 0 Å². The molecule has 1 fully saturated rings. The molecule has 0 aliphatic carbocycles. The van der Waals surface area contributed by atoms with Crippen molar-refractivity contribution in [2.75, 3.05) is 32.1 Å². The number of amides is 3. The number of methoxy groups -OCH3 is 1. The highest BCUT2D eigenvalue weighted by Crippen LogP contribution is 2.28. The van der Waals surface area contributed by atoms with Crippen molar-refractivity contribution in [3.63, 3.8) is 0 Å². The number of nitrogens with one attached hydrogen (secondary N) is 1. The molecule has 1 aromatic carbocycles. The van der Waals surface area contributed by atoms with E-state index in [1.807, 2.05) is 0 Å². The standard InChI is InChI=1S/C21H24N4O5S/c1-29-17-11-14(4-6-16(17)30-13-18(22)26)5-7-19(27)25-9-2-3-15(12-25)20(28)24-21-23-8-10-31-21/h4-8,10-11,15H,2-3,9,12-13H2,1H3,(H2,22,26)(H,23,24,28)/b7-5+. The molecule has 1 aliphatic heterocycles. The van der Waals surface area contributed by atoms with Gasteiger partial charge < -0.3 is 25.4 Å². The van der Waals surface area contributed by atoms with Crippen molar-refractivity contribution in [2.24, 2.45) is 11.7 Å². The van der Waals surface area contributed by atoms with Crippen molar-refractivity contribution >= 4 is 40.3 Å². The molecule has 9 nitrogen and oxygen atoms in total. The molecule has 1 unspecified atom stereocenters. The summed E-state index contributed by atoms with van der Waals surface area (Å²) in [6, 6.07) is 5.08. The lowest BCUT2D eigenvalue weighted by atomic mass is 9.97. The minimum absolute atomic E-state index is 0.118. The van der Waals surface area contributed by atoms with Gasteiger partial charge >= 0.3 is 0 Å². The number of piperidine rings is 1. The summed E-state index contributed by atoms with van der Waals surface area (Å²) < 4.78 is 10.6. The van der Waals surface area contributed by atoms with Gasteiger partial charge in [0.05, 0.1) is 13.0 Å². The van der Waals surface area contributed by atoms with Crippen molar-refractivity contribution in [1.82, 2.24) is 9.88 Å². The molecule has 0 bridgehead atoms. The second-order valence-electron chi connectivity index (χ2n) is 6.95. The molecule has 1 atom stereocenters. The minimum Gasteiger partial charge on any atom is -0.493 e. The molecule has 31 heavy (non-hydrogen) atoms. The van der Waals surface area contributed by atoms with Crippen LogP contribution in [0.2, 0.25) is 0 Å². The van der Waals surface area contributed by atoms with Crippen LogP contribution in [0.15, 0.2) is 35.9 Å². The quantitative estimate of drug-likeness (QED) is 0.600. The van der Waals surface area contributed by atoms with E-state index in [-0.39, 0.29) is 24.3 Å². The van der Waals surface area contributed by atoms with E-state index in [2.05, 4.69) is 10.3 Å². The first kappa shape index (κ1) is 22.3. The van der Waals surface area contributed by atoms with Gasteiger partial charge in [-0.2, -0.15) is 0 Å². The fraction of sp³-hybridized carbons (Fsp3) is 0.333. The first-order valence-corrected chi connectivity index (χ1v) is 10.6. The van der Waals surface area contributed by atoms with Gasteiger partial charge in [-0.3, -0.25) is 14.4 Å². The summed E-state index contributed by atoms with van der Waals surface area (Å²) in [7, 11) is 1.48. The number of hydrogen-bond donors (Lipinski definition) is 2. The highest BCUT2D eigenvalue weighted by molar-refractivity contribution is 7.13. The SMILES string of the molecule is COc1cc(/C=C/C(=O)N2CCCC(C(=O)Nc3nccs3)C2)ccc1OCC(N)=O. The topological polar surface area (TPSA) is 124 Å². The Labute approximate surface area is 183 Å². The number of aromatic nitrogens is 1. The maximum absolute atomic E-state index is 12.6. The van der Waals surface area contributed by atoms with Crippen molar-refractivity contribution in [3.8, 4) is 11.5 Å². The third-order valence-electron chi connectivity index (χ3n) is 4.74.